The number of carbonyl (C=O) groups is 9. The van der Waals surface area contributed by atoms with Gasteiger partial charge in [-0.15, -0.1) is 0 Å². The van der Waals surface area contributed by atoms with Crippen LogP contribution in [0.15, 0.2) is 54.6 Å². The summed E-state index contributed by atoms with van der Waals surface area (Å²) in [5, 5.41) is 19.4. The van der Waals surface area contributed by atoms with Crippen LogP contribution in [0.1, 0.15) is 45.2 Å². The van der Waals surface area contributed by atoms with Gasteiger partial charge in [-0.1, -0.05) is 42.5 Å². The van der Waals surface area contributed by atoms with E-state index in [0.717, 1.165) is 27.7 Å². The third kappa shape index (κ3) is 17.9. The SMILES string of the molecule is CSCC[C@H](NC(=O)[C@H](Cc1ccccc1)NC(=O)CNC(=O)CNC(=O)[C@@H](N)Cc1ccc(O)cc1)C(=O)O[C@@H]1O[C@H](COC(C)=O)[C@@H](OC(C)=O)[C@H](OC(C)=O)[C@H]1OC(C)=O. The molecule has 4 amide bonds. The number of rotatable bonds is 22. The van der Waals surface area contributed by atoms with Crippen LogP contribution < -0.4 is 27.0 Å². The van der Waals surface area contributed by atoms with Gasteiger partial charge in [-0.3, -0.25) is 38.4 Å². The summed E-state index contributed by atoms with van der Waals surface area (Å²) in [4.78, 5) is 114. The van der Waals surface area contributed by atoms with Gasteiger partial charge in [-0.05, 0) is 48.1 Å². The van der Waals surface area contributed by atoms with Crippen LogP contribution in [0, 0.1) is 0 Å². The first-order valence-electron chi connectivity index (χ1n) is 19.6. The molecule has 63 heavy (non-hydrogen) atoms. The first-order valence-corrected chi connectivity index (χ1v) is 21.0. The lowest BCUT2D eigenvalue weighted by Crippen LogP contribution is -2.63. The summed E-state index contributed by atoms with van der Waals surface area (Å²) in [7, 11) is 0. The maximum Gasteiger partial charge on any atom is 0.331 e. The van der Waals surface area contributed by atoms with Gasteiger partial charge in [0.25, 0.3) is 0 Å². The Morgan fingerprint density at radius 2 is 1.27 bits per heavy atom. The molecule has 2 aromatic rings. The quantitative estimate of drug-likeness (QED) is 0.0615. The third-order valence-electron chi connectivity index (χ3n) is 8.92. The highest BCUT2D eigenvalue weighted by molar-refractivity contribution is 7.98. The highest BCUT2D eigenvalue weighted by Gasteiger charge is 2.54. The first kappa shape index (κ1) is 51.1. The molecule has 7 N–H and O–H groups in total. The van der Waals surface area contributed by atoms with Gasteiger partial charge in [0.2, 0.25) is 36.0 Å². The van der Waals surface area contributed by atoms with Crippen LogP contribution in [0.4, 0.5) is 0 Å². The summed E-state index contributed by atoms with van der Waals surface area (Å²) in [6, 6.07) is 10.9. The fraction of sp³-hybridized carbons (Fsp3) is 0.488. The number of hydrogen-bond acceptors (Lipinski definition) is 18. The Morgan fingerprint density at radius 1 is 0.683 bits per heavy atom. The van der Waals surface area contributed by atoms with E-state index in [4.69, 9.17) is 34.2 Å². The number of phenolic OH excluding ortho intramolecular Hbond substituents is 1. The summed E-state index contributed by atoms with van der Waals surface area (Å²) < 4.78 is 32.8. The van der Waals surface area contributed by atoms with Crippen LogP contribution >= 0.6 is 11.8 Å². The number of ether oxygens (including phenoxy) is 6. The van der Waals surface area contributed by atoms with E-state index in [9.17, 15) is 48.3 Å². The molecule has 2 aromatic carbocycles. The highest BCUT2D eigenvalue weighted by atomic mass is 32.2. The summed E-state index contributed by atoms with van der Waals surface area (Å²) in [5.74, 6) is -7.21. The van der Waals surface area contributed by atoms with Crippen molar-refractivity contribution in [1.82, 2.24) is 21.3 Å². The minimum atomic E-state index is -1.87. The number of phenols is 1. The zero-order valence-electron chi connectivity index (χ0n) is 35.3. The molecule has 1 fully saturated rings. The Bertz CT molecular complexity index is 1920. The largest absolute Gasteiger partial charge is 0.508 e. The van der Waals surface area contributed by atoms with E-state index in [2.05, 4.69) is 21.3 Å². The van der Waals surface area contributed by atoms with E-state index in [0.29, 0.717) is 16.9 Å². The Morgan fingerprint density at radius 3 is 1.87 bits per heavy atom. The van der Waals surface area contributed by atoms with Gasteiger partial charge in [-0.2, -0.15) is 11.8 Å². The second-order valence-corrected chi connectivity index (χ2v) is 15.1. The van der Waals surface area contributed by atoms with Crippen LogP contribution in [0.2, 0.25) is 0 Å². The molecule has 22 heteroatoms. The summed E-state index contributed by atoms with van der Waals surface area (Å²) in [5.41, 5.74) is 7.25. The van der Waals surface area contributed by atoms with E-state index in [-0.39, 0.29) is 25.0 Å². The van der Waals surface area contributed by atoms with Crippen LogP contribution in [0.3, 0.4) is 0 Å². The lowest BCUT2D eigenvalue weighted by Gasteiger charge is -2.43. The molecule has 3 rings (SSSR count). The average Bonchev–Trinajstić information content (AvgIpc) is 3.22. The van der Waals surface area contributed by atoms with Crippen molar-refractivity contribution in [1.29, 1.82) is 0 Å². The molecule has 344 valence electrons. The molecular weight excluding hydrogens is 851 g/mol. The number of thioether (sulfide) groups is 1. The van der Waals surface area contributed by atoms with Crippen molar-refractivity contribution >= 4 is 65.2 Å². The van der Waals surface area contributed by atoms with Gasteiger partial charge >= 0.3 is 29.8 Å². The Kier molecular flexibility index (Phi) is 20.8. The zero-order valence-corrected chi connectivity index (χ0v) is 36.1. The minimum absolute atomic E-state index is 0.0244. The lowest BCUT2D eigenvalue weighted by molar-refractivity contribution is -0.301. The molecule has 1 saturated heterocycles. The molecule has 0 bridgehead atoms. The normalized spacial score (nSPS) is 19.4. The predicted molar refractivity (Wildman–Crippen MR) is 221 cm³/mol. The molecule has 1 aliphatic rings. The highest BCUT2D eigenvalue weighted by Crippen LogP contribution is 2.30. The molecule has 0 saturated carbocycles. The van der Waals surface area contributed by atoms with Crippen molar-refractivity contribution < 1.29 is 76.7 Å². The molecule has 0 aromatic heterocycles. The average molecular weight is 904 g/mol. The molecule has 8 atom stereocenters. The van der Waals surface area contributed by atoms with Gasteiger partial charge in [0.15, 0.2) is 12.2 Å². The molecule has 0 spiro atoms. The second-order valence-electron chi connectivity index (χ2n) is 14.1. The standard InChI is InChI=1S/C41H53N5O16S/c1-22(47)57-21-32-35(58-23(2)48)36(59-24(3)49)37(60-25(4)50)41(61-32)62-40(56)30(15-16-63-5)46-39(55)31(18-26-9-7-6-8-10-26)45-34(53)20-43-33(52)19-44-38(54)29(42)17-27-11-13-28(51)14-12-27/h6-14,29-32,35-37,41,51H,15-21,42H2,1-5H3,(H,43,52)(H,44,54)(H,45,53)(H,46,55)/t29-,30-,31-,32+,35+,36-,37+,41-/m0/s1. The number of hydrogen-bond donors (Lipinski definition) is 6. The number of esters is 5. The fourth-order valence-corrected chi connectivity index (χ4v) is 6.53. The smallest absolute Gasteiger partial charge is 0.331 e. The number of nitrogens with one attached hydrogen (secondary N) is 4. The van der Waals surface area contributed by atoms with Crippen molar-refractivity contribution in [3.05, 3.63) is 65.7 Å². The van der Waals surface area contributed by atoms with Crippen molar-refractivity contribution in [3.8, 4) is 5.75 Å². The lowest BCUT2D eigenvalue weighted by atomic mass is 9.98. The van der Waals surface area contributed by atoms with E-state index in [1.165, 1.54) is 23.9 Å². The maximum absolute atomic E-state index is 14.0. The summed E-state index contributed by atoms with van der Waals surface area (Å²) in [6.07, 6.45) is -6.35. The molecule has 21 nitrogen and oxygen atoms in total. The first-order chi connectivity index (χ1) is 29.9. The van der Waals surface area contributed by atoms with E-state index in [1.54, 1.807) is 48.7 Å². The van der Waals surface area contributed by atoms with E-state index >= 15 is 0 Å². The monoisotopic (exact) mass is 903 g/mol. The van der Waals surface area contributed by atoms with Gasteiger partial charge < -0.3 is 60.5 Å². The van der Waals surface area contributed by atoms with Crippen molar-refractivity contribution in [2.24, 2.45) is 5.73 Å². The molecule has 0 aliphatic carbocycles. The number of aromatic hydroxyl groups is 1. The van der Waals surface area contributed by atoms with E-state index < -0.39 is 122 Å². The number of benzene rings is 2. The van der Waals surface area contributed by atoms with Crippen LogP contribution in [0.5, 0.6) is 5.75 Å². The molecule has 0 unspecified atom stereocenters. The van der Waals surface area contributed by atoms with Crippen molar-refractivity contribution in [2.75, 3.05) is 31.7 Å². The van der Waals surface area contributed by atoms with Gasteiger partial charge in [0.1, 0.15) is 30.5 Å². The van der Waals surface area contributed by atoms with Crippen LogP contribution in [-0.4, -0.2) is 139 Å². The Balaban J connectivity index is 1.77. The van der Waals surface area contributed by atoms with Gasteiger partial charge in [0.05, 0.1) is 19.1 Å². The van der Waals surface area contributed by atoms with E-state index in [1.807, 2.05) is 0 Å². The van der Waals surface area contributed by atoms with Crippen LogP contribution in [0.25, 0.3) is 0 Å². The summed E-state index contributed by atoms with van der Waals surface area (Å²) in [6.45, 7) is 2.49. The zero-order chi connectivity index (χ0) is 46.6. The van der Waals surface area contributed by atoms with Gasteiger partial charge in [-0.25, -0.2) is 4.79 Å². The maximum atomic E-state index is 14.0. The molecule has 1 heterocycles. The van der Waals surface area contributed by atoms with Crippen LogP contribution in [-0.2, 0) is 84.4 Å². The Hall–Kier alpha value is -6.26. The number of carbonyl (C=O) groups excluding carboxylic acids is 9. The topological polar surface area (TPSA) is 303 Å². The minimum Gasteiger partial charge on any atom is -0.508 e. The molecular formula is C41H53N5O16S. The third-order valence-corrected chi connectivity index (χ3v) is 9.57. The fourth-order valence-electron chi connectivity index (χ4n) is 6.06. The van der Waals surface area contributed by atoms with Crippen molar-refractivity contribution in [2.45, 2.75) is 95.8 Å². The number of nitrogens with two attached hydrogens (primary N) is 1. The number of amides is 4. The second kappa shape index (κ2) is 25.6. The summed E-state index contributed by atoms with van der Waals surface area (Å²) >= 11 is 1.33. The predicted octanol–water partition coefficient (Wildman–Crippen LogP) is -0.914. The van der Waals surface area contributed by atoms with Gasteiger partial charge in [0, 0.05) is 34.1 Å². The molecule has 1 aliphatic heterocycles. The van der Waals surface area contributed by atoms with Crippen molar-refractivity contribution in [3.63, 3.8) is 0 Å². The Labute approximate surface area is 367 Å². The molecule has 0 radical (unpaired) electrons.